The number of hydrogen-bond donors (Lipinski definition) is 1. The van der Waals surface area contributed by atoms with E-state index in [0.717, 1.165) is 35.6 Å². The molecular weight excluding hydrogens is 427 g/mol. The molecule has 23 heavy (non-hydrogen) atoms. The maximum absolute atomic E-state index is 12.4. The number of ether oxygens (including phenoxy) is 1. The van der Waals surface area contributed by atoms with Gasteiger partial charge in [-0.3, -0.25) is 4.72 Å². The van der Waals surface area contributed by atoms with Crippen LogP contribution in [0.5, 0.6) is 0 Å². The van der Waals surface area contributed by atoms with Gasteiger partial charge in [0.05, 0.1) is 18.1 Å². The lowest BCUT2D eigenvalue weighted by molar-refractivity contribution is 0.122. The summed E-state index contributed by atoms with van der Waals surface area (Å²) in [6.45, 7) is 3.16. The highest BCUT2D eigenvalue weighted by atomic mass is 127. The smallest absolute Gasteiger partial charge is 0.261 e. The highest BCUT2D eigenvalue weighted by Crippen LogP contribution is 2.21. The Morgan fingerprint density at radius 1 is 0.957 bits per heavy atom. The molecule has 1 saturated heterocycles. The molecule has 1 aliphatic heterocycles. The summed E-state index contributed by atoms with van der Waals surface area (Å²) in [7, 11) is -3.55. The van der Waals surface area contributed by atoms with Crippen LogP contribution in [0.4, 0.5) is 11.4 Å². The molecule has 0 aliphatic carbocycles. The molecule has 2 aromatic rings. The number of morpholine rings is 1. The molecule has 5 nitrogen and oxygen atoms in total. The molecule has 2 aromatic carbocycles. The van der Waals surface area contributed by atoms with Crippen molar-refractivity contribution >= 4 is 44.0 Å². The Labute approximate surface area is 149 Å². The van der Waals surface area contributed by atoms with Crippen LogP contribution in [-0.2, 0) is 14.8 Å². The zero-order valence-corrected chi connectivity index (χ0v) is 15.4. The van der Waals surface area contributed by atoms with Crippen molar-refractivity contribution in [3.05, 3.63) is 52.1 Å². The summed E-state index contributed by atoms with van der Waals surface area (Å²) in [5, 5.41) is 0. The number of benzene rings is 2. The Morgan fingerprint density at radius 3 is 2.17 bits per heavy atom. The highest BCUT2D eigenvalue weighted by molar-refractivity contribution is 14.1. The maximum Gasteiger partial charge on any atom is 0.261 e. The number of anilines is 2. The second kappa shape index (κ2) is 7.06. The maximum atomic E-state index is 12.4. The third-order valence-corrected chi connectivity index (χ3v) is 5.74. The largest absolute Gasteiger partial charge is 0.378 e. The van der Waals surface area contributed by atoms with Gasteiger partial charge >= 0.3 is 0 Å². The molecule has 0 aromatic heterocycles. The first-order chi connectivity index (χ1) is 11.0. The molecule has 0 unspecified atom stereocenters. The molecule has 1 fully saturated rings. The van der Waals surface area contributed by atoms with Crippen molar-refractivity contribution < 1.29 is 13.2 Å². The van der Waals surface area contributed by atoms with Crippen LogP contribution in [0, 0.1) is 3.57 Å². The van der Waals surface area contributed by atoms with Crippen LogP contribution in [0.25, 0.3) is 0 Å². The minimum Gasteiger partial charge on any atom is -0.378 e. The average molecular weight is 444 g/mol. The third kappa shape index (κ3) is 4.15. The molecule has 0 atom stereocenters. The summed E-state index contributed by atoms with van der Waals surface area (Å²) in [6.07, 6.45) is 0. The van der Waals surface area contributed by atoms with Gasteiger partial charge in [-0.25, -0.2) is 8.42 Å². The molecule has 0 bridgehead atoms. The van der Waals surface area contributed by atoms with Crippen molar-refractivity contribution in [2.24, 2.45) is 0 Å². The van der Waals surface area contributed by atoms with Gasteiger partial charge in [-0.05, 0) is 71.1 Å². The second-order valence-electron chi connectivity index (χ2n) is 5.21. The number of rotatable bonds is 4. The van der Waals surface area contributed by atoms with E-state index >= 15 is 0 Å². The Kier molecular flexibility index (Phi) is 5.08. The third-order valence-electron chi connectivity index (χ3n) is 3.62. The van der Waals surface area contributed by atoms with Gasteiger partial charge in [0, 0.05) is 28.0 Å². The van der Waals surface area contributed by atoms with E-state index in [2.05, 4.69) is 32.2 Å². The van der Waals surface area contributed by atoms with Gasteiger partial charge in [0.15, 0.2) is 0 Å². The van der Waals surface area contributed by atoms with Crippen LogP contribution in [0.1, 0.15) is 0 Å². The normalized spacial score (nSPS) is 15.4. The molecule has 0 spiro atoms. The van der Waals surface area contributed by atoms with Gasteiger partial charge in [0.25, 0.3) is 10.0 Å². The van der Waals surface area contributed by atoms with Gasteiger partial charge in [-0.15, -0.1) is 0 Å². The van der Waals surface area contributed by atoms with Gasteiger partial charge in [0.1, 0.15) is 0 Å². The summed E-state index contributed by atoms with van der Waals surface area (Å²) < 4.78 is 33.7. The van der Waals surface area contributed by atoms with Crippen LogP contribution < -0.4 is 9.62 Å². The first-order valence-corrected chi connectivity index (χ1v) is 9.82. The van der Waals surface area contributed by atoms with Gasteiger partial charge in [-0.2, -0.15) is 0 Å². The zero-order valence-electron chi connectivity index (χ0n) is 12.4. The summed E-state index contributed by atoms with van der Waals surface area (Å²) in [4.78, 5) is 2.48. The molecule has 1 heterocycles. The van der Waals surface area contributed by atoms with Gasteiger partial charge in [-0.1, -0.05) is 0 Å². The molecule has 1 aliphatic rings. The molecule has 0 radical (unpaired) electrons. The van der Waals surface area contributed by atoms with Crippen LogP contribution >= 0.6 is 22.6 Å². The zero-order chi connectivity index (χ0) is 16.3. The van der Waals surface area contributed by atoms with Crippen LogP contribution in [-0.4, -0.2) is 34.7 Å². The number of halogens is 1. The van der Waals surface area contributed by atoms with Crippen molar-refractivity contribution in [2.45, 2.75) is 4.90 Å². The minimum absolute atomic E-state index is 0.259. The fraction of sp³-hybridized carbons (Fsp3) is 0.250. The minimum atomic E-state index is -3.55. The van der Waals surface area contributed by atoms with Crippen LogP contribution in [0.15, 0.2) is 53.4 Å². The van der Waals surface area contributed by atoms with Crippen LogP contribution in [0.3, 0.4) is 0 Å². The first kappa shape index (κ1) is 16.5. The lowest BCUT2D eigenvalue weighted by atomic mass is 10.2. The predicted octanol–water partition coefficient (Wildman–Crippen LogP) is 2.93. The monoisotopic (exact) mass is 444 g/mol. The summed E-state index contributed by atoms with van der Waals surface area (Å²) in [5.41, 5.74) is 1.63. The molecule has 1 N–H and O–H groups in total. The average Bonchev–Trinajstić information content (AvgIpc) is 2.56. The summed E-state index contributed by atoms with van der Waals surface area (Å²) in [5.74, 6) is 0. The molecule has 0 saturated carbocycles. The number of nitrogens with zero attached hydrogens (tertiary/aromatic N) is 1. The molecule has 122 valence electrons. The van der Waals surface area contributed by atoms with Gasteiger partial charge < -0.3 is 9.64 Å². The predicted molar refractivity (Wildman–Crippen MR) is 99.4 cm³/mol. The van der Waals surface area contributed by atoms with E-state index in [0.29, 0.717) is 5.69 Å². The Bertz CT molecular complexity index is 755. The molecule has 7 heteroatoms. The SMILES string of the molecule is O=S(=O)(Nc1ccc(N2CCOCC2)cc1)c1ccc(I)cc1. The Morgan fingerprint density at radius 2 is 1.57 bits per heavy atom. The topological polar surface area (TPSA) is 58.6 Å². The van der Waals surface area contributed by atoms with E-state index in [1.807, 2.05) is 12.1 Å². The fourth-order valence-corrected chi connectivity index (χ4v) is 3.81. The van der Waals surface area contributed by atoms with Crippen LogP contribution in [0.2, 0.25) is 0 Å². The van der Waals surface area contributed by atoms with E-state index in [1.54, 1.807) is 36.4 Å². The van der Waals surface area contributed by atoms with Crippen molar-refractivity contribution in [1.82, 2.24) is 0 Å². The molecular formula is C16H17IN2O3S. The van der Waals surface area contributed by atoms with E-state index in [1.165, 1.54) is 0 Å². The van der Waals surface area contributed by atoms with Crippen molar-refractivity contribution in [3.63, 3.8) is 0 Å². The van der Waals surface area contributed by atoms with Gasteiger partial charge in [0.2, 0.25) is 0 Å². The summed E-state index contributed by atoms with van der Waals surface area (Å²) in [6, 6.07) is 14.2. The number of hydrogen-bond acceptors (Lipinski definition) is 4. The number of sulfonamides is 1. The lowest BCUT2D eigenvalue weighted by Crippen LogP contribution is -2.36. The molecule has 3 rings (SSSR count). The van der Waals surface area contributed by atoms with E-state index in [9.17, 15) is 8.42 Å². The molecule has 0 amide bonds. The lowest BCUT2D eigenvalue weighted by Gasteiger charge is -2.28. The van der Waals surface area contributed by atoms with E-state index in [-0.39, 0.29) is 4.90 Å². The Hall–Kier alpha value is -1.32. The fourth-order valence-electron chi connectivity index (χ4n) is 2.39. The second-order valence-corrected chi connectivity index (χ2v) is 8.13. The standard InChI is InChI=1S/C16H17IN2O3S/c17-13-1-7-16(8-2-13)23(20,21)18-14-3-5-15(6-4-14)19-9-11-22-12-10-19/h1-8,18H,9-12H2. The van der Waals surface area contributed by atoms with E-state index in [4.69, 9.17) is 4.74 Å². The van der Waals surface area contributed by atoms with Crippen molar-refractivity contribution in [1.29, 1.82) is 0 Å². The van der Waals surface area contributed by atoms with E-state index < -0.39 is 10.0 Å². The highest BCUT2D eigenvalue weighted by Gasteiger charge is 2.15. The Balaban J connectivity index is 1.73. The first-order valence-electron chi connectivity index (χ1n) is 7.26. The van der Waals surface area contributed by atoms with Crippen molar-refractivity contribution in [3.8, 4) is 0 Å². The van der Waals surface area contributed by atoms with Crippen molar-refractivity contribution in [2.75, 3.05) is 35.9 Å². The summed E-state index contributed by atoms with van der Waals surface area (Å²) >= 11 is 2.14. The number of nitrogens with one attached hydrogen (secondary N) is 1. The quantitative estimate of drug-likeness (QED) is 0.738.